The van der Waals surface area contributed by atoms with Crippen LogP contribution in [0.15, 0.2) is 18.2 Å². The number of nitrogens with zero attached hydrogens (tertiary/aromatic N) is 2. The molecule has 0 aliphatic carbocycles. The minimum atomic E-state index is -0.0797. The van der Waals surface area contributed by atoms with Crippen LogP contribution < -0.4 is 9.47 Å². The minimum absolute atomic E-state index is 0.0408. The summed E-state index contributed by atoms with van der Waals surface area (Å²) in [6.07, 6.45) is 2.86. The van der Waals surface area contributed by atoms with Gasteiger partial charge >= 0.3 is 0 Å². The second-order valence-electron chi connectivity index (χ2n) is 6.97. The van der Waals surface area contributed by atoms with Crippen molar-refractivity contribution in [2.24, 2.45) is 5.92 Å². The van der Waals surface area contributed by atoms with Crippen molar-refractivity contribution < 1.29 is 19.1 Å². The highest BCUT2D eigenvalue weighted by atomic mass is 16.5. The molecular weight excluding hydrogens is 332 g/mol. The zero-order valence-electron chi connectivity index (χ0n) is 16.3. The predicted octanol–water partition coefficient (Wildman–Crippen LogP) is 2.35. The van der Waals surface area contributed by atoms with E-state index >= 15 is 0 Å². The maximum absolute atomic E-state index is 12.5. The lowest BCUT2D eigenvalue weighted by Crippen LogP contribution is -2.46. The summed E-state index contributed by atoms with van der Waals surface area (Å²) < 4.78 is 10.6. The molecule has 0 aromatic heterocycles. The second kappa shape index (κ2) is 9.46. The van der Waals surface area contributed by atoms with Crippen LogP contribution in [0, 0.1) is 5.92 Å². The van der Waals surface area contributed by atoms with Gasteiger partial charge in [0, 0.05) is 26.6 Å². The van der Waals surface area contributed by atoms with Gasteiger partial charge in [-0.25, -0.2) is 0 Å². The molecule has 0 radical (unpaired) electrons. The number of hydrogen-bond donors (Lipinski definition) is 0. The van der Waals surface area contributed by atoms with E-state index in [2.05, 4.69) is 6.92 Å². The molecule has 0 N–H and O–H groups in total. The first kappa shape index (κ1) is 20.1. The highest BCUT2D eigenvalue weighted by Gasteiger charge is 2.23. The van der Waals surface area contributed by atoms with Crippen molar-refractivity contribution in [2.45, 2.75) is 33.1 Å². The van der Waals surface area contributed by atoms with E-state index in [0.717, 1.165) is 25.1 Å². The van der Waals surface area contributed by atoms with E-state index in [1.165, 1.54) is 13.3 Å². The molecule has 1 aromatic carbocycles. The lowest BCUT2D eigenvalue weighted by atomic mass is 10.0. The summed E-state index contributed by atoms with van der Waals surface area (Å²) in [6.45, 7) is 5.92. The van der Waals surface area contributed by atoms with Crippen molar-refractivity contribution in [1.82, 2.24) is 9.80 Å². The van der Waals surface area contributed by atoms with Gasteiger partial charge in [-0.05, 0) is 42.9 Å². The van der Waals surface area contributed by atoms with E-state index in [1.54, 1.807) is 19.1 Å². The number of ether oxygens (including phenoxy) is 2. The SMILES string of the molecule is COc1ccc(CCN(CC(=O)N2CCCC(C)C2)C(C)=O)cc1OC. The fourth-order valence-corrected chi connectivity index (χ4v) is 3.33. The largest absolute Gasteiger partial charge is 0.493 e. The molecule has 144 valence electrons. The summed E-state index contributed by atoms with van der Waals surface area (Å²) >= 11 is 0. The van der Waals surface area contributed by atoms with Crippen LogP contribution in [0.1, 0.15) is 32.3 Å². The quantitative estimate of drug-likeness (QED) is 0.747. The number of benzene rings is 1. The normalized spacial score (nSPS) is 16.9. The van der Waals surface area contributed by atoms with E-state index in [1.807, 2.05) is 23.1 Å². The smallest absolute Gasteiger partial charge is 0.242 e. The summed E-state index contributed by atoms with van der Waals surface area (Å²) in [5, 5.41) is 0. The average Bonchev–Trinajstić information content (AvgIpc) is 2.64. The van der Waals surface area contributed by atoms with Gasteiger partial charge in [0.1, 0.15) is 0 Å². The van der Waals surface area contributed by atoms with E-state index in [9.17, 15) is 9.59 Å². The summed E-state index contributed by atoms with van der Waals surface area (Å²) in [6, 6.07) is 5.71. The van der Waals surface area contributed by atoms with Gasteiger partial charge < -0.3 is 19.3 Å². The predicted molar refractivity (Wildman–Crippen MR) is 100 cm³/mol. The number of piperidine rings is 1. The molecule has 1 heterocycles. The van der Waals surface area contributed by atoms with Crippen molar-refractivity contribution >= 4 is 11.8 Å². The summed E-state index contributed by atoms with van der Waals surface area (Å²) in [5.41, 5.74) is 1.04. The third kappa shape index (κ3) is 5.38. The number of carbonyl (C=O) groups is 2. The Labute approximate surface area is 156 Å². The number of amides is 2. The van der Waals surface area contributed by atoms with Crippen LogP contribution in [0.5, 0.6) is 11.5 Å². The van der Waals surface area contributed by atoms with Crippen LogP contribution in [-0.2, 0) is 16.0 Å². The van der Waals surface area contributed by atoms with Gasteiger partial charge in [0.15, 0.2) is 11.5 Å². The summed E-state index contributed by atoms with van der Waals surface area (Å²) in [7, 11) is 3.20. The Morgan fingerprint density at radius 3 is 2.58 bits per heavy atom. The monoisotopic (exact) mass is 362 g/mol. The molecule has 26 heavy (non-hydrogen) atoms. The maximum Gasteiger partial charge on any atom is 0.242 e. The number of likely N-dealkylation sites (tertiary alicyclic amines) is 1. The first-order valence-electron chi connectivity index (χ1n) is 9.18. The van der Waals surface area contributed by atoms with Crippen LogP contribution in [0.4, 0.5) is 0 Å². The molecule has 1 aromatic rings. The van der Waals surface area contributed by atoms with Crippen LogP contribution >= 0.6 is 0 Å². The molecule has 1 fully saturated rings. The lowest BCUT2D eigenvalue weighted by Gasteiger charge is -2.32. The molecule has 1 aliphatic heterocycles. The zero-order valence-corrected chi connectivity index (χ0v) is 16.3. The third-order valence-electron chi connectivity index (χ3n) is 4.90. The fraction of sp³-hybridized carbons (Fsp3) is 0.600. The van der Waals surface area contributed by atoms with Gasteiger partial charge in [-0.15, -0.1) is 0 Å². The fourth-order valence-electron chi connectivity index (χ4n) is 3.33. The van der Waals surface area contributed by atoms with E-state index in [4.69, 9.17) is 9.47 Å². The average molecular weight is 362 g/mol. The number of rotatable bonds is 7. The summed E-state index contributed by atoms with van der Waals surface area (Å²) in [5.74, 6) is 1.83. The number of methoxy groups -OCH3 is 2. The van der Waals surface area contributed by atoms with Crippen LogP contribution in [0.3, 0.4) is 0 Å². The van der Waals surface area contributed by atoms with Crippen molar-refractivity contribution in [1.29, 1.82) is 0 Å². The molecule has 1 saturated heterocycles. The molecule has 0 spiro atoms. The molecule has 1 unspecified atom stereocenters. The molecule has 0 saturated carbocycles. The Bertz CT molecular complexity index is 632. The Kier molecular flexibility index (Phi) is 7.30. The Morgan fingerprint density at radius 2 is 1.96 bits per heavy atom. The Morgan fingerprint density at radius 1 is 1.23 bits per heavy atom. The topological polar surface area (TPSA) is 59.1 Å². The second-order valence-corrected chi connectivity index (χ2v) is 6.97. The van der Waals surface area contributed by atoms with E-state index in [0.29, 0.717) is 30.4 Å². The standard InChI is InChI=1S/C20H30N2O4/c1-15-6-5-10-22(13-15)20(24)14-21(16(2)23)11-9-17-7-8-18(25-3)19(12-17)26-4/h7-8,12,15H,5-6,9-11,13-14H2,1-4H3. The zero-order chi connectivity index (χ0) is 19.1. The highest BCUT2D eigenvalue weighted by molar-refractivity contribution is 5.83. The molecule has 0 bridgehead atoms. The van der Waals surface area contributed by atoms with Gasteiger partial charge in [0.25, 0.3) is 0 Å². The van der Waals surface area contributed by atoms with Crippen LogP contribution in [-0.4, -0.2) is 62.0 Å². The Hall–Kier alpha value is -2.24. The van der Waals surface area contributed by atoms with Gasteiger partial charge in [0.2, 0.25) is 11.8 Å². The van der Waals surface area contributed by atoms with Gasteiger partial charge in [-0.2, -0.15) is 0 Å². The van der Waals surface area contributed by atoms with Gasteiger partial charge in [0.05, 0.1) is 20.8 Å². The first-order valence-corrected chi connectivity index (χ1v) is 9.18. The van der Waals surface area contributed by atoms with Crippen molar-refractivity contribution in [3.63, 3.8) is 0 Å². The maximum atomic E-state index is 12.5. The van der Waals surface area contributed by atoms with Crippen molar-refractivity contribution in [2.75, 3.05) is 40.4 Å². The Balaban J connectivity index is 1.95. The first-order chi connectivity index (χ1) is 12.4. The van der Waals surface area contributed by atoms with Crippen LogP contribution in [0.2, 0.25) is 0 Å². The van der Waals surface area contributed by atoms with E-state index < -0.39 is 0 Å². The molecule has 6 nitrogen and oxygen atoms in total. The lowest BCUT2D eigenvalue weighted by molar-refractivity contribution is -0.140. The van der Waals surface area contributed by atoms with Crippen molar-refractivity contribution in [3.05, 3.63) is 23.8 Å². The van der Waals surface area contributed by atoms with Crippen molar-refractivity contribution in [3.8, 4) is 11.5 Å². The van der Waals surface area contributed by atoms with Crippen LogP contribution in [0.25, 0.3) is 0 Å². The number of carbonyl (C=O) groups excluding carboxylic acids is 2. The van der Waals surface area contributed by atoms with E-state index in [-0.39, 0.29) is 18.4 Å². The molecule has 2 amide bonds. The molecule has 6 heteroatoms. The minimum Gasteiger partial charge on any atom is -0.493 e. The molecule has 1 atom stereocenters. The molecule has 2 rings (SSSR count). The molecular formula is C20H30N2O4. The third-order valence-corrected chi connectivity index (χ3v) is 4.90. The van der Waals surface area contributed by atoms with Gasteiger partial charge in [-0.3, -0.25) is 9.59 Å². The number of hydrogen-bond acceptors (Lipinski definition) is 4. The molecule has 1 aliphatic rings. The van der Waals surface area contributed by atoms with Gasteiger partial charge in [-0.1, -0.05) is 13.0 Å². The summed E-state index contributed by atoms with van der Waals surface area (Å²) in [4.78, 5) is 28.0. The highest BCUT2D eigenvalue weighted by Crippen LogP contribution is 2.27.